The number of hydrogen-bond acceptors (Lipinski definition) is 3. The Kier molecular flexibility index (Phi) is 3.28. The topological polar surface area (TPSA) is 66.6 Å². The lowest BCUT2D eigenvalue weighted by atomic mass is 10.1. The van der Waals surface area contributed by atoms with Crippen molar-refractivity contribution in [3.05, 3.63) is 29.6 Å². The molecule has 5 heteroatoms. The van der Waals surface area contributed by atoms with Crippen LogP contribution >= 0.6 is 0 Å². The highest BCUT2D eigenvalue weighted by Crippen LogP contribution is 2.20. The summed E-state index contributed by atoms with van der Waals surface area (Å²) in [5.74, 6) is -0.527. The molecule has 92 valence electrons. The smallest absolute Gasteiger partial charge is 0.253 e. The summed E-state index contributed by atoms with van der Waals surface area (Å²) in [6, 6.07) is 3.98. The average molecular weight is 238 g/mol. The number of aliphatic hydroxyl groups excluding tert-OH is 1. The molecule has 4 nitrogen and oxygen atoms in total. The Morgan fingerprint density at radius 3 is 2.94 bits per heavy atom. The fourth-order valence-electron chi connectivity index (χ4n) is 2.03. The molecule has 0 aliphatic carbocycles. The summed E-state index contributed by atoms with van der Waals surface area (Å²) < 4.78 is 13.0. The Hall–Kier alpha value is -1.62. The highest BCUT2D eigenvalue weighted by Gasteiger charge is 2.26. The second-order valence-corrected chi connectivity index (χ2v) is 4.32. The lowest BCUT2D eigenvalue weighted by molar-refractivity contribution is 0.0782. The number of benzene rings is 1. The molecule has 1 amide bonds. The Balaban J connectivity index is 2.12. The van der Waals surface area contributed by atoms with E-state index < -0.39 is 5.82 Å². The van der Waals surface area contributed by atoms with Crippen LogP contribution in [0.3, 0.4) is 0 Å². The van der Waals surface area contributed by atoms with Gasteiger partial charge < -0.3 is 15.7 Å². The van der Waals surface area contributed by atoms with E-state index in [1.54, 1.807) is 4.90 Å². The fourth-order valence-corrected chi connectivity index (χ4v) is 2.03. The number of amides is 1. The molecule has 0 saturated carbocycles. The summed E-state index contributed by atoms with van der Waals surface area (Å²) in [5, 5.41) is 9.01. The first kappa shape index (κ1) is 11.9. The number of aliphatic hydroxyl groups is 1. The number of hydrogen-bond donors (Lipinski definition) is 2. The monoisotopic (exact) mass is 238 g/mol. The molecule has 1 saturated heterocycles. The molecule has 1 aliphatic heterocycles. The number of carbonyl (C=O) groups is 1. The predicted octanol–water partition coefficient (Wildman–Crippen LogP) is 0.862. The fraction of sp³-hybridized carbons (Fsp3) is 0.417. The number of nitrogen functional groups attached to an aromatic ring is 1. The van der Waals surface area contributed by atoms with Crippen molar-refractivity contribution in [1.82, 2.24) is 4.90 Å². The maximum Gasteiger partial charge on any atom is 0.253 e. The molecule has 1 atom stereocenters. The van der Waals surface area contributed by atoms with Gasteiger partial charge in [0.15, 0.2) is 0 Å². The van der Waals surface area contributed by atoms with Crippen molar-refractivity contribution in [2.75, 3.05) is 25.4 Å². The van der Waals surface area contributed by atoms with Gasteiger partial charge >= 0.3 is 0 Å². The molecule has 1 heterocycles. The zero-order valence-corrected chi connectivity index (χ0v) is 9.40. The number of rotatable bonds is 2. The van der Waals surface area contributed by atoms with Crippen LogP contribution in [0, 0.1) is 11.7 Å². The zero-order chi connectivity index (χ0) is 12.4. The molecule has 1 fully saturated rings. The summed E-state index contributed by atoms with van der Waals surface area (Å²) in [4.78, 5) is 13.7. The van der Waals surface area contributed by atoms with Gasteiger partial charge in [-0.25, -0.2) is 4.39 Å². The standard InChI is InChI=1S/C12H15FN2O2/c13-10-2-1-9(5-11(10)14)12(17)15-4-3-8(6-15)7-16/h1-2,5,8,16H,3-4,6-7,14H2. The van der Waals surface area contributed by atoms with Crippen molar-refractivity contribution in [3.63, 3.8) is 0 Å². The minimum Gasteiger partial charge on any atom is -0.396 e. The maximum atomic E-state index is 13.0. The van der Waals surface area contributed by atoms with Gasteiger partial charge in [0.2, 0.25) is 0 Å². The molecule has 3 N–H and O–H groups in total. The third-order valence-corrected chi connectivity index (χ3v) is 3.07. The van der Waals surface area contributed by atoms with E-state index >= 15 is 0 Å². The molecule has 1 aliphatic rings. The molecule has 0 bridgehead atoms. The summed E-state index contributed by atoms with van der Waals surface area (Å²) in [5.41, 5.74) is 5.80. The summed E-state index contributed by atoms with van der Waals surface area (Å²) in [6.45, 7) is 1.27. The summed E-state index contributed by atoms with van der Waals surface area (Å²) in [7, 11) is 0. The van der Waals surface area contributed by atoms with Crippen LogP contribution in [0.4, 0.5) is 10.1 Å². The third kappa shape index (κ3) is 2.39. The maximum absolute atomic E-state index is 13.0. The van der Waals surface area contributed by atoms with Crippen molar-refractivity contribution in [2.24, 2.45) is 5.92 Å². The van der Waals surface area contributed by atoms with E-state index in [4.69, 9.17) is 10.8 Å². The SMILES string of the molecule is Nc1cc(C(=O)N2CCC(CO)C2)ccc1F. The number of anilines is 1. The van der Waals surface area contributed by atoms with Gasteiger partial charge in [0.05, 0.1) is 5.69 Å². The molecule has 1 aromatic carbocycles. The highest BCUT2D eigenvalue weighted by molar-refractivity contribution is 5.95. The number of nitrogens with two attached hydrogens (primary N) is 1. The van der Waals surface area contributed by atoms with Crippen molar-refractivity contribution in [2.45, 2.75) is 6.42 Å². The van der Waals surface area contributed by atoms with Gasteiger partial charge in [-0.3, -0.25) is 4.79 Å². The largest absolute Gasteiger partial charge is 0.396 e. The highest BCUT2D eigenvalue weighted by atomic mass is 19.1. The normalized spacial score (nSPS) is 19.6. The Morgan fingerprint density at radius 1 is 1.59 bits per heavy atom. The molecule has 0 aromatic heterocycles. The van der Waals surface area contributed by atoms with Crippen LogP contribution in [0.5, 0.6) is 0 Å². The third-order valence-electron chi connectivity index (χ3n) is 3.07. The second-order valence-electron chi connectivity index (χ2n) is 4.32. The Morgan fingerprint density at radius 2 is 2.35 bits per heavy atom. The number of likely N-dealkylation sites (tertiary alicyclic amines) is 1. The van der Waals surface area contributed by atoms with Crippen molar-refractivity contribution < 1.29 is 14.3 Å². The molecular formula is C12H15FN2O2. The van der Waals surface area contributed by atoms with Crippen molar-refractivity contribution >= 4 is 11.6 Å². The van der Waals surface area contributed by atoms with E-state index in [9.17, 15) is 9.18 Å². The first-order valence-corrected chi connectivity index (χ1v) is 5.57. The number of nitrogens with zero attached hydrogens (tertiary/aromatic N) is 1. The molecule has 1 aromatic rings. The van der Waals surface area contributed by atoms with Gasteiger partial charge in [-0.05, 0) is 24.6 Å². The van der Waals surface area contributed by atoms with Crippen LogP contribution in [0.1, 0.15) is 16.8 Å². The lowest BCUT2D eigenvalue weighted by Gasteiger charge is -2.16. The molecule has 17 heavy (non-hydrogen) atoms. The van der Waals surface area contributed by atoms with E-state index in [1.165, 1.54) is 18.2 Å². The van der Waals surface area contributed by atoms with E-state index in [1.807, 2.05) is 0 Å². The second kappa shape index (κ2) is 4.71. The van der Waals surface area contributed by atoms with Gasteiger partial charge in [-0.1, -0.05) is 0 Å². The minimum atomic E-state index is -0.517. The number of carbonyl (C=O) groups excluding carboxylic acids is 1. The Labute approximate surface area is 98.8 Å². The lowest BCUT2D eigenvalue weighted by Crippen LogP contribution is -2.29. The first-order valence-electron chi connectivity index (χ1n) is 5.57. The van der Waals surface area contributed by atoms with E-state index in [2.05, 4.69) is 0 Å². The van der Waals surface area contributed by atoms with Gasteiger partial charge in [0.25, 0.3) is 5.91 Å². The predicted molar refractivity (Wildman–Crippen MR) is 61.9 cm³/mol. The van der Waals surface area contributed by atoms with Crippen LogP contribution in [-0.2, 0) is 0 Å². The molecule has 1 unspecified atom stereocenters. The minimum absolute atomic E-state index is 0.0197. The van der Waals surface area contributed by atoms with Crippen LogP contribution in [-0.4, -0.2) is 35.6 Å². The molecular weight excluding hydrogens is 223 g/mol. The van der Waals surface area contributed by atoms with Crippen LogP contribution in [0.15, 0.2) is 18.2 Å². The van der Waals surface area contributed by atoms with Gasteiger partial charge in [0, 0.05) is 31.2 Å². The van der Waals surface area contributed by atoms with Crippen LogP contribution in [0.2, 0.25) is 0 Å². The zero-order valence-electron chi connectivity index (χ0n) is 9.40. The Bertz CT molecular complexity index is 437. The van der Waals surface area contributed by atoms with Gasteiger partial charge in [-0.15, -0.1) is 0 Å². The first-order chi connectivity index (χ1) is 8.11. The van der Waals surface area contributed by atoms with E-state index in [0.29, 0.717) is 18.7 Å². The van der Waals surface area contributed by atoms with Crippen LogP contribution < -0.4 is 5.73 Å². The van der Waals surface area contributed by atoms with Gasteiger partial charge in [0.1, 0.15) is 5.82 Å². The van der Waals surface area contributed by atoms with Crippen molar-refractivity contribution in [3.8, 4) is 0 Å². The number of halogens is 1. The van der Waals surface area contributed by atoms with E-state index in [0.717, 1.165) is 6.42 Å². The molecule has 0 radical (unpaired) electrons. The summed E-state index contributed by atoms with van der Waals surface area (Å²) in [6.07, 6.45) is 0.804. The average Bonchev–Trinajstić information content (AvgIpc) is 2.80. The van der Waals surface area contributed by atoms with Crippen LogP contribution in [0.25, 0.3) is 0 Å². The van der Waals surface area contributed by atoms with Crippen molar-refractivity contribution in [1.29, 1.82) is 0 Å². The van der Waals surface area contributed by atoms with Gasteiger partial charge in [-0.2, -0.15) is 0 Å². The van der Waals surface area contributed by atoms with E-state index in [-0.39, 0.29) is 24.1 Å². The quantitative estimate of drug-likeness (QED) is 0.751. The summed E-state index contributed by atoms with van der Waals surface area (Å²) >= 11 is 0. The molecule has 0 spiro atoms. The molecule has 2 rings (SSSR count).